The molecular formula is C16H16O3S. The van der Waals surface area contributed by atoms with Gasteiger partial charge >= 0.3 is 0 Å². The summed E-state index contributed by atoms with van der Waals surface area (Å²) in [6.45, 7) is 0. The fraction of sp³-hybridized carbons (Fsp3) is 0.188. The maximum absolute atomic E-state index is 11.4. The zero-order valence-electron chi connectivity index (χ0n) is 11.2. The molecule has 104 valence electrons. The van der Waals surface area contributed by atoms with Crippen LogP contribution in [0.3, 0.4) is 0 Å². The van der Waals surface area contributed by atoms with Gasteiger partial charge in [0.2, 0.25) is 0 Å². The van der Waals surface area contributed by atoms with Gasteiger partial charge in [-0.05, 0) is 29.7 Å². The lowest BCUT2D eigenvalue weighted by Crippen LogP contribution is -2.05. The molecule has 4 heteroatoms. The van der Waals surface area contributed by atoms with Gasteiger partial charge in [-0.1, -0.05) is 42.5 Å². The molecule has 2 aromatic rings. The largest absolute Gasteiger partial charge is 0.303 e. The van der Waals surface area contributed by atoms with E-state index in [1.54, 1.807) is 24.3 Å². The molecule has 2 rings (SSSR count). The smallest absolute Gasteiger partial charge is 0.175 e. The molecule has 0 radical (unpaired) electrons. The Labute approximate surface area is 119 Å². The van der Waals surface area contributed by atoms with E-state index < -0.39 is 9.84 Å². The fourth-order valence-corrected chi connectivity index (χ4v) is 2.70. The van der Waals surface area contributed by atoms with Crippen molar-refractivity contribution < 1.29 is 13.2 Å². The highest BCUT2D eigenvalue weighted by Gasteiger charge is 2.12. The summed E-state index contributed by atoms with van der Waals surface area (Å²) in [4.78, 5) is 11.5. The van der Waals surface area contributed by atoms with E-state index in [0.29, 0.717) is 11.3 Å². The number of carbonyl (C=O) groups is 1. The molecule has 0 N–H and O–H groups in total. The van der Waals surface area contributed by atoms with Crippen LogP contribution in [-0.2, 0) is 21.1 Å². The molecule has 2 aromatic carbocycles. The van der Waals surface area contributed by atoms with Crippen molar-refractivity contribution in [3.63, 3.8) is 0 Å². The maximum atomic E-state index is 11.4. The molecule has 0 heterocycles. The van der Waals surface area contributed by atoms with Crippen molar-refractivity contribution in [2.24, 2.45) is 0 Å². The lowest BCUT2D eigenvalue weighted by molar-refractivity contribution is -0.109. The standard InChI is InChI=1S/C16H16O3S/c1-20(18,19)16-9-7-13(8-10-16)11-15(12-17)14-5-3-2-4-6-14/h2-10,12,15H,11H2,1H3. The summed E-state index contributed by atoms with van der Waals surface area (Å²) in [5, 5.41) is 0. The van der Waals surface area contributed by atoms with Crippen LogP contribution >= 0.6 is 0 Å². The van der Waals surface area contributed by atoms with Crippen molar-refractivity contribution in [1.29, 1.82) is 0 Å². The van der Waals surface area contributed by atoms with E-state index in [4.69, 9.17) is 0 Å². The minimum Gasteiger partial charge on any atom is -0.303 e. The predicted octanol–water partition coefficient (Wildman–Crippen LogP) is 2.62. The Balaban J connectivity index is 2.19. The molecule has 20 heavy (non-hydrogen) atoms. The third-order valence-corrected chi connectivity index (χ3v) is 4.33. The Morgan fingerprint density at radius 2 is 1.60 bits per heavy atom. The van der Waals surface area contributed by atoms with E-state index in [0.717, 1.165) is 17.4 Å². The third-order valence-electron chi connectivity index (χ3n) is 3.20. The molecular weight excluding hydrogens is 272 g/mol. The van der Waals surface area contributed by atoms with Crippen molar-refractivity contribution in [3.05, 3.63) is 65.7 Å². The summed E-state index contributed by atoms with van der Waals surface area (Å²) < 4.78 is 22.8. The summed E-state index contributed by atoms with van der Waals surface area (Å²) in [6, 6.07) is 16.2. The minimum absolute atomic E-state index is 0.208. The Morgan fingerprint density at radius 1 is 1.00 bits per heavy atom. The predicted molar refractivity (Wildman–Crippen MR) is 78.5 cm³/mol. The monoisotopic (exact) mass is 288 g/mol. The quantitative estimate of drug-likeness (QED) is 0.795. The second kappa shape index (κ2) is 6.01. The number of hydrogen-bond donors (Lipinski definition) is 0. The highest BCUT2D eigenvalue weighted by atomic mass is 32.2. The summed E-state index contributed by atoms with van der Waals surface area (Å²) in [7, 11) is -3.18. The van der Waals surface area contributed by atoms with Crippen LogP contribution in [0, 0.1) is 0 Å². The summed E-state index contributed by atoms with van der Waals surface area (Å²) in [6.07, 6.45) is 2.68. The number of hydrogen-bond acceptors (Lipinski definition) is 3. The molecule has 0 saturated heterocycles. The molecule has 0 aromatic heterocycles. The molecule has 1 unspecified atom stereocenters. The molecule has 0 aliphatic carbocycles. The second-order valence-electron chi connectivity index (χ2n) is 4.77. The van der Waals surface area contributed by atoms with Crippen LogP contribution in [0.4, 0.5) is 0 Å². The summed E-state index contributed by atoms with van der Waals surface area (Å²) in [5.41, 5.74) is 1.91. The lowest BCUT2D eigenvalue weighted by Gasteiger charge is -2.11. The van der Waals surface area contributed by atoms with Crippen molar-refractivity contribution in [1.82, 2.24) is 0 Å². The van der Waals surface area contributed by atoms with Gasteiger partial charge in [-0.2, -0.15) is 0 Å². The number of benzene rings is 2. The number of aldehydes is 1. The van der Waals surface area contributed by atoms with Crippen LogP contribution in [0.5, 0.6) is 0 Å². The van der Waals surface area contributed by atoms with Gasteiger partial charge < -0.3 is 4.79 Å². The molecule has 0 aliphatic rings. The first-order valence-electron chi connectivity index (χ1n) is 6.30. The average Bonchev–Trinajstić information content (AvgIpc) is 2.45. The zero-order valence-corrected chi connectivity index (χ0v) is 12.0. The van der Waals surface area contributed by atoms with Crippen LogP contribution in [0.2, 0.25) is 0 Å². The van der Waals surface area contributed by atoms with Crippen LogP contribution < -0.4 is 0 Å². The normalized spacial score (nSPS) is 12.8. The van der Waals surface area contributed by atoms with Gasteiger partial charge in [0, 0.05) is 12.2 Å². The van der Waals surface area contributed by atoms with Gasteiger partial charge in [0.1, 0.15) is 6.29 Å². The Bertz CT molecular complexity index is 673. The molecule has 0 spiro atoms. The lowest BCUT2D eigenvalue weighted by atomic mass is 9.93. The Morgan fingerprint density at radius 3 is 2.10 bits per heavy atom. The van der Waals surface area contributed by atoms with Gasteiger partial charge in [-0.3, -0.25) is 0 Å². The van der Waals surface area contributed by atoms with Crippen LogP contribution in [0.1, 0.15) is 17.0 Å². The van der Waals surface area contributed by atoms with E-state index in [1.807, 2.05) is 30.3 Å². The van der Waals surface area contributed by atoms with E-state index in [9.17, 15) is 13.2 Å². The van der Waals surface area contributed by atoms with Crippen molar-refractivity contribution in [2.45, 2.75) is 17.2 Å². The zero-order chi connectivity index (χ0) is 14.6. The Hall–Kier alpha value is -1.94. The summed E-state index contributed by atoms with van der Waals surface area (Å²) >= 11 is 0. The van der Waals surface area contributed by atoms with Gasteiger partial charge in [-0.15, -0.1) is 0 Å². The number of carbonyl (C=O) groups excluding carboxylic acids is 1. The van der Waals surface area contributed by atoms with Crippen LogP contribution in [-0.4, -0.2) is 21.0 Å². The van der Waals surface area contributed by atoms with Crippen molar-refractivity contribution >= 4 is 16.1 Å². The van der Waals surface area contributed by atoms with Crippen LogP contribution in [0.15, 0.2) is 59.5 Å². The molecule has 0 saturated carbocycles. The van der Waals surface area contributed by atoms with Gasteiger partial charge in [0.15, 0.2) is 9.84 Å². The first kappa shape index (κ1) is 14.5. The van der Waals surface area contributed by atoms with E-state index >= 15 is 0 Å². The van der Waals surface area contributed by atoms with E-state index in [2.05, 4.69) is 0 Å². The van der Waals surface area contributed by atoms with E-state index in [-0.39, 0.29) is 5.92 Å². The minimum atomic E-state index is -3.18. The molecule has 1 atom stereocenters. The molecule has 0 aliphatic heterocycles. The highest BCUT2D eigenvalue weighted by molar-refractivity contribution is 7.90. The first-order valence-corrected chi connectivity index (χ1v) is 8.19. The fourth-order valence-electron chi connectivity index (χ4n) is 2.07. The van der Waals surface area contributed by atoms with Crippen molar-refractivity contribution in [2.75, 3.05) is 6.26 Å². The molecule has 0 amide bonds. The van der Waals surface area contributed by atoms with Gasteiger partial charge in [0.05, 0.1) is 4.90 Å². The third kappa shape index (κ3) is 3.54. The number of rotatable bonds is 5. The van der Waals surface area contributed by atoms with Crippen LogP contribution in [0.25, 0.3) is 0 Å². The average molecular weight is 288 g/mol. The molecule has 0 bridgehead atoms. The number of sulfone groups is 1. The molecule has 3 nitrogen and oxygen atoms in total. The van der Waals surface area contributed by atoms with Crippen molar-refractivity contribution in [3.8, 4) is 0 Å². The van der Waals surface area contributed by atoms with Gasteiger partial charge in [0.25, 0.3) is 0 Å². The topological polar surface area (TPSA) is 51.2 Å². The Kier molecular flexibility index (Phi) is 4.35. The van der Waals surface area contributed by atoms with E-state index in [1.165, 1.54) is 6.26 Å². The highest BCUT2D eigenvalue weighted by Crippen LogP contribution is 2.20. The van der Waals surface area contributed by atoms with Gasteiger partial charge in [-0.25, -0.2) is 8.42 Å². The maximum Gasteiger partial charge on any atom is 0.175 e. The second-order valence-corrected chi connectivity index (χ2v) is 6.79. The summed E-state index contributed by atoms with van der Waals surface area (Å²) in [5.74, 6) is -0.208. The molecule has 0 fully saturated rings. The first-order chi connectivity index (χ1) is 9.50. The SMILES string of the molecule is CS(=O)(=O)c1ccc(CC(C=O)c2ccccc2)cc1.